The summed E-state index contributed by atoms with van der Waals surface area (Å²) in [5.74, 6) is -1.58. The number of aryl methyl sites for hydroxylation is 2. The third kappa shape index (κ3) is 6.29. The molecule has 0 radical (unpaired) electrons. The van der Waals surface area contributed by atoms with E-state index in [1.54, 1.807) is 32.9 Å². The van der Waals surface area contributed by atoms with Crippen LogP contribution in [0.3, 0.4) is 0 Å². The van der Waals surface area contributed by atoms with E-state index in [1.807, 2.05) is 6.07 Å². The number of hydrogen-bond acceptors (Lipinski definition) is 5. The van der Waals surface area contributed by atoms with Gasteiger partial charge in [0.15, 0.2) is 9.84 Å². The van der Waals surface area contributed by atoms with Crippen LogP contribution in [0.4, 0.5) is 20.6 Å². The Labute approximate surface area is 187 Å². The molecule has 1 aliphatic carbocycles. The minimum Gasteiger partial charge on any atom is -0.444 e. The summed E-state index contributed by atoms with van der Waals surface area (Å²) in [7, 11) is -3.61. The highest BCUT2D eigenvalue weighted by molar-refractivity contribution is 7.91. The van der Waals surface area contributed by atoms with Gasteiger partial charge in [0, 0.05) is 12.1 Å². The molecule has 3 rings (SSSR count). The number of halogens is 1. The monoisotopic (exact) mass is 462 g/mol. The molecule has 172 valence electrons. The second-order valence-corrected chi connectivity index (χ2v) is 10.8. The molecule has 1 aliphatic rings. The highest BCUT2D eigenvalue weighted by Crippen LogP contribution is 2.26. The Morgan fingerprint density at radius 3 is 2.47 bits per heavy atom. The Hall–Kier alpha value is -2.94. The summed E-state index contributed by atoms with van der Waals surface area (Å²) in [4.78, 5) is 24.4. The first-order valence-electron chi connectivity index (χ1n) is 10.4. The van der Waals surface area contributed by atoms with E-state index in [2.05, 4.69) is 10.6 Å². The largest absolute Gasteiger partial charge is 0.444 e. The van der Waals surface area contributed by atoms with Crippen LogP contribution >= 0.6 is 0 Å². The first kappa shape index (κ1) is 23.7. The van der Waals surface area contributed by atoms with Gasteiger partial charge in [-0.2, -0.15) is 0 Å². The number of hydrogen-bond donors (Lipinski definition) is 2. The standard InChI is InChI=1S/C23H27FN2O5S/c1-23(2,3)31-22(28)26-20-14-17(8-10-19(20)24)25-21(27)11-12-32(29,30)18-9-7-15-5-4-6-16(15)13-18/h7-10,13-14H,4-6,11-12H2,1-3H3,(H,25,27)(H,26,28). The van der Waals surface area contributed by atoms with Gasteiger partial charge in [0.05, 0.1) is 16.3 Å². The van der Waals surface area contributed by atoms with Gasteiger partial charge in [0.1, 0.15) is 11.4 Å². The second kappa shape index (κ2) is 9.28. The molecule has 0 aromatic heterocycles. The lowest BCUT2D eigenvalue weighted by atomic mass is 10.1. The molecule has 32 heavy (non-hydrogen) atoms. The third-order valence-corrected chi connectivity index (χ3v) is 6.63. The lowest BCUT2D eigenvalue weighted by Gasteiger charge is -2.20. The van der Waals surface area contributed by atoms with E-state index in [0.29, 0.717) is 0 Å². The second-order valence-electron chi connectivity index (χ2n) is 8.72. The summed E-state index contributed by atoms with van der Waals surface area (Å²) in [5.41, 5.74) is 1.53. The normalized spacial score (nSPS) is 13.4. The fourth-order valence-electron chi connectivity index (χ4n) is 3.42. The fourth-order valence-corrected chi connectivity index (χ4v) is 4.71. The van der Waals surface area contributed by atoms with Gasteiger partial charge in [-0.05, 0) is 81.5 Å². The summed E-state index contributed by atoms with van der Waals surface area (Å²) in [6, 6.07) is 8.78. The third-order valence-electron chi connectivity index (χ3n) is 4.91. The highest BCUT2D eigenvalue weighted by atomic mass is 32.2. The number of anilines is 2. The van der Waals surface area contributed by atoms with Crippen molar-refractivity contribution in [2.75, 3.05) is 16.4 Å². The molecule has 9 heteroatoms. The van der Waals surface area contributed by atoms with Crippen LogP contribution in [-0.2, 0) is 32.2 Å². The van der Waals surface area contributed by atoms with E-state index in [9.17, 15) is 22.4 Å². The lowest BCUT2D eigenvalue weighted by molar-refractivity contribution is -0.115. The van der Waals surface area contributed by atoms with Gasteiger partial charge in [-0.1, -0.05) is 6.07 Å². The molecule has 2 N–H and O–H groups in total. The number of rotatable bonds is 6. The zero-order chi connectivity index (χ0) is 23.5. The van der Waals surface area contributed by atoms with Gasteiger partial charge in [0.2, 0.25) is 5.91 Å². The zero-order valence-electron chi connectivity index (χ0n) is 18.3. The molecule has 0 spiro atoms. The minimum absolute atomic E-state index is 0.164. The minimum atomic E-state index is -3.61. The van der Waals surface area contributed by atoms with Gasteiger partial charge in [-0.15, -0.1) is 0 Å². The molecular formula is C23H27FN2O5S. The molecule has 2 aromatic rings. The van der Waals surface area contributed by atoms with Crippen molar-refractivity contribution >= 4 is 33.2 Å². The Kier molecular flexibility index (Phi) is 6.88. The van der Waals surface area contributed by atoms with E-state index < -0.39 is 33.3 Å². The topological polar surface area (TPSA) is 102 Å². The van der Waals surface area contributed by atoms with Crippen molar-refractivity contribution in [3.05, 3.63) is 53.3 Å². The first-order chi connectivity index (χ1) is 14.9. The van der Waals surface area contributed by atoms with E-state index in [1.165, 1.54) is 17.7 Å². The van der Waals surface area contributed by atoms with Crippen molar-refractivity contribution in [3.8, 4) is 0 Å². The molecule has 0 aliphatic heterocycles. The Balaban J connectivity index is 1.60. The highest BCUT2D eigenvalue weighted by Gasteiger charge is 2.21. The van der Waals surface area contributed by atoms with Crippen LogP contribution in [0, 0.1) is 5.82 Å². The number of fused-ring (bicyclic) bond motifs is 1. The Morgan fingerprint density at radius 2 is 1.75 bits per heavy atom. The number of sulfone groups is 1. The smallest absolute Gasteiger partial charge is 0.412 e. The van der Waals surface area contributed by atoms with Crippen LogP contribution in [0.15, 0.2) is 41.3 Å². The molecule has 0 bridgehead atoms. The van der Waals surface area contributed by atoms with Crippen molar-refractivity contribution in [2.45, 2.75) is 57.0 Å². The number of ether oxygens (including phenoxy) is 1. The summed E-state index contributed by atoms with van der Waals surface area (Å²) in [5, 5.41) is 4.83. The van der Waals surface area contributed by atoms with Gasteiger partial charge in [0.25, 0.3) is 0 Å². The lowest BCUT2D eigenvalue weighted by Crippen LogP contribution is -2.27. The SMILES string of the molecule is CC(C)(C)OC(=O)Nc1cc(NC(=O)CCS(=O)(=O)c2ccc3c(c2)CCC3)ccc1F. The zero-order valence-corrected chi connectivity index (χ0v) is 19.1. The molecule has 0 atom stereocenters. The van der Waals surface area contributed by atoms with E-state index in [0.717, 1.165) is 30.9 Å². The van der Waals surface area contributed by atoms with Crippen LogP contribution in [0.5, 0.6) is 0 Å². The molecule has 2 aromatic carbocycles. The van der Waals surface area contributed by atoms with Crippen LogP contribution < -0.4 is 10.6 Å². The summed E-state index contributed by atoms with van der Waals surface area (Å²) in [6.45, 7) is 5.03. The van der Waals surface area contributed by atoms with E-state index in [4.69, 9.17) is 4.74 Å². The number of carbonyl (C=O) groups is 2. The maximum Gasteiger partial charge on any atom is 0.412 e. The molecule has 2 amide bonds. The van der Waals surface area contributed by atoms with Crippen LogP contribution in [-0.4, -0.2) is 31.8 Å². The van der Waals surface area contributed by atoms with Crippen LogP contribution in [0.2, 0.25) is 0 Å². The fraction of sp³-hybridized carbons (Fsp3) is 0.391. The van der Waals surface area contributed by atoms with Gasteiger partial charge in [-0.3, -0.25) is 10.1 Å². The Bertz CT molecular complexity index is 1140. The molecule has 0 fully saturated rings. The number of benzene rings is 2. The first-order valence-corrected chi connectivity index (χ1v) is 12.0. The van der Waals surface area contributed by atoms with E-state index in [-0.39, 0.29) is 28.4 Å². The summed E-state index contributed by atoms with van der Waals surface area (Å²) < 4.78 is 44.4. The van der Waals surface area contributed by atoms with Crippen molar-refractivity contribution in [1.82, 2.24) is 0 Å². The maximum absolute atomic E-state index is 14.0. The summed E-state index contributed by atoms with van der Waals surface area (Å²) >= 11 is 0. The molecule has 0 saturated heterocycles. The predicted molar refractivity (Wildman–Crippen MR) is 120 cm³/mol. The van der Waals surface area contributed by atoms with Gasteiger partial charge in [-0.25, -0.2) is 17.6 Å². The average molecular weight is 463 g/mol. The van der Waals surface area contributed by atoms with Gasteiger partial charge < -0.3 is 10.1 Å². The van der Waals surface area contributed by atoms with Crippen molar-refractivity contribution in [2.24, 2.45) is 0 Å². The van der Waals surface area contributed by atoms with Crippen molar-refractivity contribution in [3.63, 3.8) is 0 Å². The molecule has 0 unspecified atom stereocenters. The van der Waals surface area contributed by atoms with Gasteiger partial charge >= 0.3 is 6.09 Å². The average Bonchev–Trinajstić information content (AvgIpc) is 3.15. The van der Waals surface area contributed by atoms with E-state index >= 15 is 0 Å². The summed E-state index contributed by atoms with van der Waals surface area (Å²) in [6.07, 6.45) is 1.75. The molecule has 0 heterocycles. The molecule has 0 saturated carbocycles. The number of amides is 2. The predicted octanol–water partition coefficient (Wildman–Crippen LogP) is 4.46. The van der Waals surface area contributed by atoms with Crippen LogP contribution in [0.1, 0.15) is 44.7 Å². The Morgan fingerprint density at radius 1 is 1.03 bits per heavy atom. The maximum atomic E-state index is 14.0. The van der Waals surface area contributed by atoms with Crippen LogP contribution in [0.25, 0.3) is 0 Å². The number of carbonyl (C=O) groups excluding carboxylic acids is 2. The van der Waals surface area contributed by atoms with Crippen molar-refractivity contribution in [1.29, 1.82) is 0 Å². The van der Waals surface area contributed by atoms with Crippen molar-refractivity contribution < 1.29 is 27.1 Å². The molecular weight excluding hydrogens is 435 g/mol. The molecule has 7 nitrogen and oxygen atoms in total. The quantitative estimate of drug-likeness (QED) is 0.660. The number of nitrogens with one attached hydrogen (secondary N) is 2.